The molecule has 0 radical (unpaired) electrons. The van der Waals surface area contributed by atoms with Crippen molar-refractivity contribution in [3.05, 3.63) is 74.7 Å². The van der Waals surface area contributed by atoms with Crippen LogP contribution in [0.1, 0.15) is 11.1 Å². The smallest absolute Gasteiger partial charge is 0.294 e. The minimum Gasteiger partial charge on any atom is -0.489 e. The quantitative estimate of drug-likeness (QED) is 0.335. The number of nitrogens with zero attached hydrogens (tertiary/aromatic N) is 3. The van der Waals surface area contributed by atoms with Gasteiger partial charge in [0.2, 0.25) is 5.91 Å². The molecule has 0 aromatic heterocycles. The molecule has 0 aliphatic carbocycles. The average molecular weight is 484 g/mol. The summed E-state index contributed by atoms with van der Waals surface area (Å²) in [5, 5.41) is 10.2. The standard InChI is InChI=1S/C23H21N3O7S/c27-21(24-9-11-32-12-10-24)14-25-22(28)20(34-23(25)29)13-16-3-7-19(8-4-16)33-15-17-1-5-18(6-2-17)26(30)31/h1-8,13H,9-12,14-15H2/b20-13-. The summed E-state index contributed by atoms with van der Waals surface area (Å²) in [6.45, 7) is 1.75. The Hall–Kier alpha value is -3.70. The number of imide groups is 1. The third-order valence-corrected chi connectivity index (χ3v) is 6.17. The molecule has 3 amide bonds. The molecular weight excluding hydrogens is 462 g/mol. The van der Waals surface area contributed by atoms with E-state index in [0.29, 0.717) is 37.6 Å². The molecule has 0 bridgehead atoms. The molecule has 2 aromatic carbocycles. The van der Waals surface area contributed by atoms with Gasteiger partial charge < -0.3 is 14.4 Å². The van der Waals surface area contributed by atoms with Gasteiger partial charge >= 0.3 is 0 Å². The number of thioether (sulfide) groups is 1. The molecule has 2 aliphatic heterocycles. The first-order valence-corrected chi connectivity index (χ1v) is 11.3. The molecule has 0 unspecified atom stereocenters. The Morgan fingerprint density at radius 1 is 1.09 bits per heavy atom. The van der Waals surface area contributed by atoms with Gasteiger partial charge in [-0.05, 0) is 53.2 Å². The number of ether oxygens (including phenoxy) is 2. The number of nitro groups is 1. The number of carbonyl (C=O) groups is 3. The van der Waals surface area contributed by atoms with Crippen LogP contribution in [0.4, 0.5) is 10.5 Å². The van der Waals surface area contributed by atoms with E-state index < -0.39 is 16.1 Å². The van der Waals surface area contributed by atoms with E-state index in [9.17, 15) is 24.5 Å². The molecule has 0 saturated carbocycles. The van der Waals surface area contributed by atoms with Crippen molar-refractivity contribution in [3.63, 3.8) is 0 Å². The normalized spacial score (nSPS) is 17.4. The van der Waals surface area contributed by atoms with E-state index in [-0.39, 0.29) is 29.7 Å². The average Bonchev–Trinajstić information content (AvgIpc) is 3.11. The molecule has 0 spiro atoms. The molecule has 176 valence electrons. The zero-order valence-electron chi connectivity index (χ0n) is 18.0. The van der Waals surface area contributed by atoms with Crippen LogP contribution in [0.3, 0.4) is 0 Å². The number of benzene rings is 2. The van der Waals surface area contributed by atoms with Crippen molar-refractivity contribution in [2.75, 3.05) is 32.8 Å². The molecule has 11 heteroatoms. The Morgan fingerprint density at radius 3 is 2.41 bits per heavy atom. The van der Waals surface area contributed by atoms with Crippen molar-refractivity contribution in [2.24, 2.45) is 0 Å². The fourth-order valence-electron chi connectivity index (χ4n) is 3.38. The van der Waals surface area contributed by atoms with Gasteiger partial charge in [0, 0.05) is 25.2 Å². The second-order valence-corrected chi connectivity index (χ2v) is 8.54. The van der Waals surface area contributed by atoms with Crippen molar-refractivity contribution in [1.29, 1.82) is 0 Å². The summed E-state index contributed by atoms with van der Waals surface area (Å²) in [6, 6.07) is 13.1. The number of morpholine rings is 1. The summed E-state index contributed by atoms with van der Waals surface area (Å²) >= 11 is 0.804. The summed E-state index contributed by atoms with van der Waals surface area (Å²) in [4.78, 5) is 50.5. The van der Waals surface area contributed by atoms with E-state index in [2.05, 4.69) is 0 Å². The number of nitro benzene ring substituents is 1. The van der Waals surface area contributed by atoms with Gasteiger partial charge in [-0.2, -0.15) is 0 Å². The second kappa shape index (κ2) is 10.5. The molecule has 4 rings (SSSR count). The maximum Gasteiger partial charge on any atom is 0.294 e. The van der Waals surface area contributed by atoms with Crippen LogP contribution in [0, 0.1) is 10.1 Å². The van der Waals surface area contributed by atoms with Gasteiger partial charge in [0.1, 0.15) is 18.9 Å². The Morgan fingerprint density at radius 2 is 1.76 bits per heavy atom. The highest BCUT2D eigenvalue weighted by Crippen LogP contribution is 2.32. The number of hydrogen-bond donors (Lipinski definition) is 0. The van der Waals surface area contributed by atoms with E-state index in [1.165, 1.54) is 12.1 Å². The van der Waals surface area contributed by atoms with Gasteiger partial charge in [0.05, 0.1) is 23.0 Å². The maximum absolute atomic E-state index is 12.7. The largest absolute Gasteiger partial charge is 0.489 e. The van der Waals surface area contributed by atoms with Crippen LogP contribution in [0.2, 0.25) is 0 Å². The third-order valence-electron chi connectivity index (χ3n) is 5.26. The van der Waals surface area contributed by atoms with Crippen molar-refractivity contribution >= 4 is 40.6 Å². The predicted molar refractivity (Wildman–Crippen MR) is 124 cm³/mol. The molecule has 2 fully saturated rings. The number of hydrogen-bond acceptors (Lipinski definition) is 8. The first kappa shape index (κ1) is 23.5. The number of carbonyl (C=O) groups excluding carboxylic acids is 3. The minimum atomic E-state index is -0.491. The summed E-state index contributed by atoms with van der Waals surface area (Å²) in [7, 11) is 0. The van der Waals surface area contributed by atoms with Crippen molar-refractivity contribution < 1.29 is 28.8 Å². The monoisotopic (exact) mass is 483 g/mol. The lowest BCUT2D eigenvalue weighted by Gasteiger charge is -2.28. The van der Waals surface area contributed by atoms with Gasteiger partial charge in [0.15, 0.2) is 0 Å². The van der Waals surface area contributed by atoms with Gasteiger partial charge in [-0.25, -0.2) is 0 Å². The summed E-state index contributed by atoms with van der Waals surface area (Å²) in [5.74, 6) is -0.184. The van der Waals surface area contributed by atoms with E-state index in [4.69, 9.17) is 9.47 Å². The number of amides is 3. The van der Waals surface area contributed by atoms with Crippen LogP contribution in [0.25, 0.3) is 6.08 Å². The van der Waals surface area contributed by atoms with Crippen LogP contribution in [-0.2, 0) is 20.9 Å². The van der Waals surface area contributed by atoms with Crippen molar-refractivity contribution in [3.8, 4) is 5.75 Å². The Labute approximate surface area is 199 Å². The summed E-state index contributed by atoms with van der Waals surface area (Å²) in [6.07, 6.45) is 1.60. The van der Waals surface area contributed by atoms with Crippen molar-refractivity contribution in [1.82, 2.24) is 9.80 Å². The lowest BCUT2D eigenvalue weighted by Crippen LogP contribution is -2.46. The Bertz CT molecular complexity index is 1130. The third kappa shape index (κ3) is 5.61. The summed E-state index contributed by atoms with van der Waals surface area (Å²) < 4.78 is 10.9. The lowest BCUT2D eigenvalue weighted by molar-refractivity contribution is -0.384. The molecule has 2 heterocycles. The molecular formula is C23H21N3O7S. The summed E-state index contributed by atoms with van der Waals surface area (Å²) in [5.41, 5.74) is 1.51. The first-order chi connectivity index (χ1) is 16.4. The second-order valence-electron chi connectivity index (χ2n) is 7.54. The molecule has 2 aromatic rings. The zero-order chi connectivity index (χ0) is 24.1. The highest BCUT2D eigenvalue weighted by atomic mass is 32.2. The maximum atomic E-state index is 12.7. The number of rotatable bonds is 7. The van der Waals surface area contributed by atoms with Gasteiger partial charge in [-0.3, -0.25) is 29.4 Å². The zero-order valence-corrected chi connectivity index (χ0v) is 18.9. The van der Waals surface area contributed by atoms with Gasteiger partial charge in [-0.15, -0.1) is 0 Å². The minimum absolute atomic E-state index is 0.0166. The highest BCUT2D eigenvalue weighted by molar-refractivity contribution is 8.18. The number of non-ortho nitro benzene ring substituents is 1. The van der Waals surface area contributed by atoms with Crippen LogP contribution < -0.4 is 4.74 Å². The Balaban J connectivity index is 1.34. The molecule has 0 N–H and O–H groups in total. The first-order valence-electron chi connectivity index (χ1n) is 10.5. The molecule has 34 heavy (non-hydrogen) atoms. The highest BCUT2D eigenvalue weighted by Gasteiger charge is 2.37. The van der Waals surface area contributed by atoms with E-state index in [1.807, 2.05) is 0 Å². The van der Waals surface area contributed by atoms with E-state index in [1.54, 1.807) is 47.4 Å². The van der Waals surface area contributed by atoms with E-state index in [0.717, 1.165) is 22.2 Å². The SMILES string of the molecule is O=C(CN1C(=O)S/C(=C\c2ccc(OCc3ccc([N+](=O)[O-])cc3)cc2)C1=O)N1CCOCC1. The molecule has 2 saturated heterocycles. The topological polar surface area (TPSA) is 119 Å². The van der Waals surface area contributed by atoms with Crippen LogP contribution in [0.15, 0.2) is 53.4 Å². The Kier molecular flexibility index (Phi) is 7.24. The van der Waals surface area contributed by atoms with Gasteiger partial charge in [0.25, 0.3) is 16.8 Å². The molecule has 2 aliphatic rings. The van der Waals surface area contributed by atoms with Crippen molar-refractivity contribution in [2.45, 2.75) is 6.61 Å². The fourth-order valence-corrected chi connectivity index (χ4v) is 4.21. The van der Waals surface area contributed by atoms with E-state index >= 15 is 0 Å². The van der Waals surface area contributed by atoms with Crippen LogP contribution in [0.5, 0.6) is 5.75 Å². The van der Waals surface area contributed by atoms with Crippen LogP contribution in [-0.4, -0.2) is 64.6 Å². The molecule has 0 atom stereocenters. The van der Waals surface area contributed by atoms with Gasteiger partial charge in [-0.1, -0.05) is 12.1 Å². The molecule has 10 nitrogen and oxygen atoms in total. The lowest BCUT2D eigenvalue weighted by atomic mass is 10.2. The predicted octanol–water partition coefficient (Wildman–Crippen LogP) is 3.07. The van der Waals surface area contributed by atoms with Crippen LogP contribution >= 0.6 is 11.8 Å². The fraction of sp³-hybridized carbons (Fsp3) is 0.261.